The van der Waals surface area contributed by atoms with E-state index in [0.717, 1.165) is 36.5 Å². The summed E-state index contributed by atoms with van der Waals surface area (Å²) in [4.78, 5) is 2.65. The summed E-state index contributed by atoms with van der Waals surface area (Å²) in [6.07, 6.45) is 5.74. The molecule has 2 saturated carbocycles. The number of benzene rings is 2. The van der Waals surface area contributed by atoms with E-state index in [4.69, 9.17) is 18.9 Å². The number of methoxy groups -OCH3 is 2. The fraction of sp³-hybridized carbons (Fsp3) is 0.586. The van der Waals surface area contributed by atoms with Crippen LogP contribution in [-0.2, 0) is 11.2 Å². The average Bonchev–Trinajstić information content (AvgIpc) is 3.07. The molecule has 3 aliphatic heterocycles. The molecular weight excluding hydrogens is 426 g/mol. The number of hydrogen-bond acceptors (Lipinski definition) is 5. The number of nitrogens with zero attached hydrogens (tertiary/aromatic N) is 1. The predicted octanol–water partition coefficient (Wildman–Crippen LogP) is 4.68. The van der Waals surface area contributed by atoms with E-state index in [-0.39, 0.29) is 16.9 Å². The molecule has 6 atom stereocenters. The third-order valence-electron chi connectivity index (χ3n) is 10.2. The lowest BCUT2D eigenvalue weighted by molar-refractivity contribution is -0.167. The van der Waals surface area contributed by atoms with Crippen molar-refractivity contribution in [1.29, 1.82) is 0 Å². The highest BCUT2D eigenvalue weighted by atomic mass is 16.6. The molecule has 3 heterocycles. The van der Waals surface area contributed by atoms with Gasteiger partial charge in [0.25, 0.3) is 0 Å². The topological polar surface area (TPSA) is 40.2 Å². The number of hydrogen-bond donors (Lipinski definition) is 0. The van der Waals surface area contributed by atoms with E-state index in [1.165, 1.54) is 30.5 Å². The molecule has 180 valence electrons. The van der Waals surface area contributed by atoms with E-state index >= 15 is 0 Å². The van der Waals surface area contributed by atoms with Crippen LogP contribution in [0.2, 0.25) is 0 Å². The maximum absolute atomic E-state index is 6.74. The molecule has 2 aromatic rings. The van der Waals surface area contributed by atoms with Crippen molar-refractivity contribution < 1.29 is 18.9 Å². The van der Waals surface area contributed by atoms with Gasteiger partial charge in [-0.15, -0.1) is 0 Å². The van der Waals surface area contributed by atoms with Crippen LogP contribution in [0.1, 0.15) is 42.7 Å². The summed E-state index contributed by atoms with van der Waals surface area (Å²) in [5, 5.41) is 0. The molecule has 6 unspecified atom stereocenters. The Morgan fingerprint density at radius 1 is 1.06 bits per heavy atom. The highest BCUT2D eigenvalue weighted by Crippen LogP contribution is 2.74. The molecule has 2 spiro atoms. The van der Waals surface area contributed by atoms with E-state index in [9.17, 15) is 0 Å². The summed E-state index contributed by atoms with van der Waals surface area (Å²) in [7, 11) is 5.97. The second kappa shape index (κ2) is 7.14. The SMILES string of the molecule is COc1ccc2c3c1OCC1(OC)CCC4(CC1COc1ccccc1)C3CC1(C2)CN(C)C14. The first-order valence-corrected chi connectivity index (χ1v) is 12.8. The average molecular weight is 462 g/mol. The third-order valence-corrected chi connectivity index (χ3v) is 10.2. The van der Waals surface area contributed by atoms with Crippen molar-refractivity contribution in [2.45, 2.75) is 49.7 Å². The van der Waals surface area contributed by atoms with E-state index in [1.54, 1.807) is 7.11 Å². The maximum atomic E-state index is 6.74. The normalized spacial score (nSPS) is 39.2. The molecule has 1 saturated heterocycles. The minimum Gasteiger partial charge on any atom is -0.493 e. The fourth-order valence-electron chi connectivity index (χ4n) is 9.11. The zero-order valence-electron chi connectivity index (χ0n) is 20.5. The van der Waals surface area contributed by atoms with Crippen LogP contribution in [-0.4, -0.2) is 57.6 Å². The Bertz CT molecular complexity index is 1120. The van der Waals surface area contributed by atoms with Gasteiger partial charge in [-0.2, -0.15) is 0 Å². The monoisotopic (exact) mass is 461 g/mol. The first-order valence-electron chi connectivity index (χ1n) is 12.8. The van der Waals surface area contributed by atoms with E-state index in [0.29, 0.717) is 30.6 Å². The van der Waals surface area contributed by atoms with Crippen LogP contribution in [0.25, 0.3) is 0 Å². The van der Waals surface area contributed by atoms with Crippen LogP contribution < -0.4 is 14.2 Å². The molecule has 3 fully saturated rings. The Labute approximate surface area is 202 Å². The Balaban J connectivity index is 1.36. The van der Waals surface area contributed by atoms with Crippen LogP contribution in [0.3, 0.4) is 0 Å². The summed E-state index contributed by atoms with van der Waals surface area (Å²) in [5.41, 5.74) is 3.18. The Hall–Kier alpha value is -2.24. The highest BCUT2D eigenvalue weighted by molar-refractivity contribution is 5.57. The fourth-order valence-corrected chi connectivity index (χ4v) is 9.11. The Kier molecular flexibility index (Phi) is 4.43. The van der Waals surface area contributed by atoms with Gasteiger partial charge in [-0.25, -0.2) is 0 Å². The molecule has 0 radical (unpaired) electrons. The van der Waals surface area contributed by atoms with Gasteiger partial charge in [0.2, 0.25) is 0 Å². The van der Waals surface area contributed by atoms with Crippen molar-refractivity contribution in [2.24, 2.45) is 16.7 Å². The van der Waals surface area contributed by atoms with E-state index < -0.39 is 0 Å². The minimum absolute atomic E-state index is 0.222. The molecule has 8 rings (SSSR count). The molecular formula is C29H35NO4. The molecule has 0 aromatic heterocycles. The van der Waals surface area contributed by atoms with Crippen molar-refractivity contribution in [3.8, 4) is 17.2 Å². The summed E-state index contributed by atoms with van der Waals surface area (Å²) in [6.45, 7) is 2.39. The van der Waals surface area contributed by atoms with Crippen LogP contribution in [0.15, 0.2) is 42.5 Å². The Morgan fingerprint density at radius 3 is 2.68 bits per heavy atom. The van der Waals surface area contributed by atoms with Gasteiger partial charge >= 0.3 is 0 Å². The van der Waals surface area contributed by atoms with Crippen molar-refractivity contribution in [2.75, 3.05) is 41.0 Å². The summed E-state index contributed by atoms with van der Waals surface area (Å²) in [5.74, 6) is 3.53. The molecule has 4 bridgehead atoms. The molecule has 2 aromatic carbocycles. The minimum atomic E-state index is -0.361. The molecule has 34 heavy (non-hydrogen) atoms. The molecule has 5 heteroatoms. The van der Waals surface area contributed by atoms with Crippen LogP contribution >= 0.6 is 0 Å². The third kappa shape index (κ3) is 2.58. The number of likely N-dealkylation sites (tertiary alicyclic amines) is 1. The van der Waals surface area contributed by atoms with Gasteiger partial charge in [0.05, 0.1) is 13.7 Å². The summed E-state index contributed by atoms with van der Waals surface area (Å²) < 4.78 is 25.4. The van der Waals surface area contributed by atoms with E-state index in [1.807, 2.05) is 37.4 Å². The van der Waals surface area contributed by atoms with Gasteiger partial charge in [0.1, 0.15) is 18.0 Å². The molecule has 6 aliphatic rings. The second-order valence-electron chi connectivity index (χ2n) is 11.6. The highest BCUT2D eigenvalue weighted by Gasteiger charge is 2.73. The van der Waals surface area contributed by atoms with Gasteiger partial charge in [0, 0.05) is 36.6 Å². The summed E-state index contributed by atoms with van der Waals surface area (Å²) in [6, 6.07) is 15.3. The smallest absolute Gasteiger partial charge is 0.165 e. The molecule has 0 amide bonds. The standard InChI is InChI=1S/C29H35NO4/c1-30-17-27-13-19-9-10-23(31-2)25-24(19)22(15-27)28(26(27)30)11-12-29(32-3,18-34-25)20(14-28)16-33-21-7-5-4-6-8-21/h4-10,20,22,26H,11-18H2,1-3H3. The zero-order chi connectivity index (χ0) is 23.1. The lowest BCUT2D eigenvalue weighted by Gasteiger charge is -2.61. The van der Waals surface area contributed by atoms with Crippen molar-refractivity contribution in [3.63, 3.8) is 0 Å². The van der Waals surface area contributed by atoms with Crippen LogP contribution in [0.4, 0.5) is 0 Å². The van der Waals surface area contributed by atoms with Gasteiger partial charge in [-0.05, 0) is 74.2 Å². The van der Waals surface area contributed by atoms with Crippen molar-refractivity contribution in [1.82, 2.24) is 4.90 Å². The number of rotatable bonds is 5. The molecule has 3 aliphatic carbocycles. The number of para-hydroxylation sites is 1. The van der Waals surface area contributed by atoms with Crippen molar-refractivity contribution in [3.05, 3.63) is 53.6 Å². The quantitative estimate of drug-likeness (QED) is 0.647. The maximum Gasteiger partial charge on any atom is 0.165 e. The largest absolute Gasteiger partial charge is 0.493 e. The van der Waals surface area contributed by atoms with Gasteiger partial charge in [0.15, 0.2) is 11.5 Å². The van der Waals surface area contributed by atoms with Crippen LogP contribution in [0.5, 0.6) is 17.2 Å². The van der Waals surface area contributed by atoms with Gasteiger partial charge < -0.3 is 23.8 Å². The van der Waals surface area contributed by atoms with E-state index in [2.05, 4.69) is 24.1 Å². The first-order chi connectivity index (χ1) is 16.5. The molecule has 0 N–H and O–H groups in total. The van der Waals surface area contributed by atoms with Crippen LogP contribution in [0, 0.1) is 16.7 Å². The van der Waals surface area contributed by atoms with Gasteiger partial charge in [-0.1, -0.05) is 24.3 Å². The number of fused-ring (bicyclic) bond motifs is 3. The number of ether oxygens (including phenoxy) is 4. The molecule has 5 nitrogen and oxygen atoms in total. The van der Waals surface area contributed by atoms with Crippen molar-refractivity contribution >= 4 is 0 Å². The Morgan fingerprint density at radius 2 is 1.91 bits per heavy atom. The second-order valence-corrected chi connectivity index (χ2v) is 11.6. The lowest BCUT2D eigenvalue weighted by Crippen LogP contribution is -2.67. The zero-order valence-corrected chi connectivity index (χ0v) is 20.5. The predicted molar refractivity (Wildman–Crippen MR) is 130 cm³/mol. The van der Waals surface area contributed by atoms with Gasteiger partial charge in [-0.3, -0.25) is 0 Å². The summed E-state index contributed by atoms with van der Waals surface area (Å²) >= 11 is 0. The first kappa shape index (κ1) is 21.1. The lowest BCUT2D eigenvalue weighted by atomic mass is 9.55.